The molecule has 6 rings (SSSR count). The highest BCUT2D eigenvalue weighted by Gasteiger charge is 2.80. The number of ether oxygens (including phenoxy) is 2. The maximum Gasteiger partial charge on any atom is 0.336 e. The molecule has 2 aliphatic heterocycles. The van der Waals surface area contributed by atoms with Crippen molar-refractivity contribution in [1.82, 2.24) is 0 Å². The second-order valence-corrected chi connectivity index (χ2v) is 21.3. The van der Waals surface area contributed by atoms with Crippen molar-refractivity contribution in [3.8, 4) is 0 Å². The number of epoxide rings is 1. The predicted molar refractivity (Wildman–Crippen MR) is 188 cm³/mol. The van der Waals surface area contributed by atoms with Crippen molar-refractivity contribution in [3.63, 3.8) is 0 Å². The number of aliphatic hydroxyl groups excluding tert-OH is 1. The number of hydrogen-bond donors (Lipinski definition) is 1. The van der Waals surface area contributed by atoms with E-state index in [0.29, 0.717) is 24.4 Å². The van der Waals surface area contributed by atoms with Crippen LogP contribution in [0.2, 0.25) is 18.1 Å². The van der Waals surface area contributed by atoms with Crippen LogP contribution in [0.1, 0.15) is 126 Å². The Labute approximate surface area is 286 Å². The molecular formula is C40H64O6Si. The van der Waals surface area contributed by atoms with Gasteiger partial charge in [0.2, 0.25) is 0 Å². The molecule has 2 heterocycles. The average Bonchev–Trinajstić information content (AvgIpc) is 3.69. The van der Waals surface area contributed by atoms with Gasteiger partial charge >= 0.3 is 5.97 Å². The lowest BCUT2D eigenvalue weighted by molar-refractivity contribution is -0.155. The van der Waals surface area contributed by atoms with Gasteiger partial charge < -0.3 is 19.0 Å². The highest BCUT2D eigenvalue weighted by Crippen LogP contribution is 2.73. The van der Waals surface area contributed by atoms with Gasteiger partial charge in [0.15, 0.2) is 14.1 Å². The summed E-state index contributed by atoms with van der Waals surface area (Å²) in [6.07, 6.45) is 15.8. The van der Waals surface area contributed by atoms with Crippen LogP contribution in [0, 0.1) is 40.4 Å². The van der Waals surface area contributed by atoms with Crippen LogP contribution in [0.3, 0.4) is 0 Å². The Balaban J connectivity index is 1.15. The van der Waals surface area contributed by atoms with Gasteiger partial charge in [0.05, 0.1) is 23.7 Å². The Morgan fingerprint density at radius 2 is 1.66 bits per heavy atom. The number of allylic oxidation sites excluding steroid dienone is 1. The Bertz CT molecular complexity index is 1240. The van der Waals surface area contributed by atoms with Crippen LogP contribution in [0.5, 0.6) is 0 Å². The molecular weight excluding hydrogens is 605 g/mol. The topological polar surface area (TPSA) is 85.4 Å². The van der Waals surface area contributed by atoms with Crippen molar-refractivity contribution in [2.75, 3.05) is 6.61 Å². The number of cyclic esters (lactones) is 1. The second kappa shape index (κ2) is 13.4. The summed E-state index contributed by atoms with van der Waals surface area (Å²) in [5.74, 6) is 1.93. The van der Waals surface area contributed by atoms with Gasteiger partial charge in [-0.3, -0.25) is 4.79 Å². The minimum atomic E-state index is -1.92. The lowest BCUT2D eigenvalue weighted by Crippen LogP contribution is -2.63. The molecule has 4 aliphatic carbocycles. The third kappa shape index (κ3) is 5.69. The zero-order chi connectivity index (χ0) is 33.8. The lowest BCUT2D eigenvalue weighted by Gasteiger charge is -2.58. The van der Waals surface area contributed by atoms with E-state index < -0.39 is 25.4 Å². The highest BCUT2D eigenvalue weighted by atomic mass is 28.4. The molecule has 0 unspecified atom stereocenters. The largest absolute Gasteiger partial charge is 0.458 e. The fourth-order valence-electron chi connectivity index (χ4n) is 12.0. The van der Waals surface area contributed by atoms with Crippen molar-refractivity contribution in [2.24, 2.45) is 40.4 Å². The molecule has 1 saturated heterocycles. The van der Waals surface area contributed by atoms with Crippen molar-refractivity contribution >= 4 is 20.1 Å². The Hall–Kier alpha value is -1.28. The molecule has 11 atom stereocenters. The molecule has 47 heavy (non-hydrogen) atoms. The van der Waals surface area contributed by atoms with E-state index >= 15 is 0 Å². The first kappa shape index (κ1) is 35.5. The normalized spacial score (nSPS) is 41.6. The van der Waals surface area contributed by atoms with Crippen LogP contribution >= 0.6 is 0 Å². The van der Waals surface area contributed by atoms with E-state index in [-0.39, 0.29) is 41.2 Å². The smallest absolute Gasteiger partial charge is 0.336 e. The Morgan fingerprint density at radius 1 is 1.00 bits per heavy atom. The summed E-state index contributed by atoms with van der Waals surface area (Å²) in [6, 6.07) is 3.60. The molecule has 6 nitrogen and oxygen atoms in total. The number of aliphatic hydroxyl groups is 1. The average molecular weight is 669 g/mol. The summed E-state index contributed by atoms with van der Waals surface area (Å²) in [5.41, 5.74) is 0.723. The number of carbonyl (C=O) groups excluding carboxylic acids is 2. The first-order valence-corrected chi connectivity index (χ1v) is 22.1. The van der Waals surface area contributed by atoms with Crippen LogP contribution < -0.4 is 0 Å². The van der Waals surface area contributed by atoms with Gasteiger partial charge in [-0.2, -0.15) is 0 Å². The number of rotatable bonds is 14. The Morgan fingerprint density at radius 3 is 2.28 bits per heavy atom. The monoisotopic (exact) mass is 668 g/mol. The van der Waals surface area contributed by atoms with E-state index in [1.54, 1.807) is 12.2 Å². The van der Waals surface area contributed by atoms with E-state index in [2.05, 4.69) is 48.5 Å². The molecule has 264 valence electrons. The van der Waals surface area contributed by atoms with E-state index in [0.717, 1.165) is 49.7 Å². The Kier molecular flexibility index (Phi) is 10.2. The first-order chi connectivity index (χ1) is 22.4. The molecule has 0 aromatic heterocycles. The third-order valence-electron chi connectivity index (χ3n) is 14.9. The van der Waals surface area contributed by atoms with Crippen molar-refractivity contribution in [1.29, 1.82) is 0 Å². The number of carbonyl (C=O) groups is 2. The molecule has 1 spiro atoms. The minimum absolute atomic E-state index is 0.0306. The number of ketones is 1. The van der Waals surface area contributed by atoms with E-state index in [9.17, 15) is 14.7 Å². The maximum absolute atomic E-state index is 13.7. The summed E-state index contributed by atoms with van der Waals surface area (Å²) in [6.45, 7) is 16.3. The number of hydrogen-bond acceptors (Lipinski definition) is 6. The molecule has 6 aliphatic rings. The van der Waals surface area contributed by atoms with Crippen LogP contribution in [-0.4, -0.2) is 55.7 Å². The SMILES string of the molecule is CCCC[Si](CCCC)(CCCC)OCC1=C(C)C[C@H]([C@@H](C)[C@H]2CC[C@H]3[C@@H]4C[C@H]5O[C@]56[C@@H](O)C=CC(=O)[C@]6(C)[C@H]4CC[C@]23C)OC1=O. The van der Waals surface area contributed by atoms with Gasteiger partial charge in [-0.15, -0.1) is 0 Å². The fourth-order valence-corrected chi connectivity index (χ4v) is 16.6. The summed E-state index contributed by atoms with van der Waals surface area (Å²) < 4.78 is 19.6. The lowest BCUT2D eigenvalue weighted by atomic mass is 9.44. The number of unbranched alkanes of at least 4 members (excludes halogenated alkanes) is 3. The van der Waals surface area contributed by atoms with Crippen LogP contribution in [0.4, 0.5) is 0 Å². The summed E-state index contributed by atoms with van der Waals surface area (Å²) in [4.78, 5) is 27.2. The van der Waals surface area contributed by atoms with E-state index in [1.165, 1.54) is 56.7 Å². The van der Waals surface area contributed by atoms with E-state index in [1.807, 2.05) is 0 Å². The second-order valence-electron chi connectivity index (χ2n) is 17.2. The molecule has 0 amide bonds. The minimum Gasteiger partial charge on any atom is -0.458 e. The zero-order valence-electron chi connectivity index (χ0n) is 30.6. The summed E-state index contributed by atoms with van der Waals surface area (Å²) in [5, 5.41) is 11.0. The van der Waals surface area contributed by atoms with Crippen molar-refractivity contribution < 1.29 is 28.6 Å². The molecule has 4 fully saturated rings. The standard InChI is InChI=1S/C40H64O6Si/c1-8-11-20-47(21-12-9-2,22-13-10-3)44-25-29-26(4)23-33(45-37(29)43)27(5)30-14-15-31-28-24-36-40(46-36)35(42)17-16-34(41)39(40,7)32(28)18-19-38(30,31)6/h16-17,27-28,30-33,35-36,42H,8-15,18-25H2,1-7H3/t27-,28-,30+,31-,32-,33+,35-,36+,38+,39-,40+/m0/s1. The summed E-state index contributed by atoms with van der Waals surface area (Å²) >= 11 is 0. The third-order valence-corrected chi connectivity index (χ3v) is 19.5. The molecule has 7 heteroatoms. The molecule has 1 N–H and O–H groups in total. The highest BCUT2D eigenvalue weighted by molar-refractivity contribution is 6.73. The molecule has 0 radical (unpaired) electrons. The van der Waals surface area contributed by atoms with Gasteiger partial charge in [0.1, 0.15) is 17.8 Å². The van der Waals surface area contributed by atoms with Crippen molar-refractivity contribution in [2.45, 2.75) is 168 Å². The zero-order valence-corrected chi connectivity index (χ0v) is 31.6. The molecule has 0 bridgehead atoms. The van der Waals surface area contributed by atoms with Gasteiger partial charge in [0.25, 0.3) is 0 Å². The fraction of sp³-hybridized carbons (Fsp3) is 0.850. The number of fused-ring (bicyclic) bond motifs is 4. The van der Waals surface area contributed by atoms with E-state index in [4.69, 9.17) is 13.9 Å². The maximum atomic E-state index is 13.7. The molecule has 0 aromatic rings. The molecule has 3 saturated carbocycles. The van der Waals surface area contributed by atoms with Crippen LogP contribution in [-0.2, 0) is 23.5 Å². The quantitative estimate of drug-likeness (QED) is 0.113. The van der Waals surface area contributed by atoms with Gasteiger partial charge in [-0.25, -0.2) is 4.79 Å². The first-order valence-electron chi connectivity index (χ1n) is 19.5. The van der Waals surface area contributed by atoms with Gasteiger partial charge in [-0.05, 0) is 111 Å². The van der Waals surface area contributed by atoms with Crippen LogP contribution in [0.15, 0.2) is 23.3 Å². The molecule has 0 aromatic carbocycles. The predicted octanol–water partition coefficient (Wildman–Crippen LogP) is 8.72. The van der Waals surface area contributed by atoms with Gasteiger partial charge in [0, 0.05) is 6.42 Å². The number of esters is 1. The van der Waals surface area contributed by atoms with Crippen LogP contribution in [0.25, 0.3) is 0 Å². The van der Waals surface area contributed by atoms with Crippen molar-refractivity contribution in [3.05, 3.63) is 23.3 Å². The van der Waals surface area contributed by atoms with Gasteiger partial charge in [-0.1, -0.05) is 78.7 Å². The summed E-state index contributed by atoms with van der Waals surface area (Å²) in [7, 11) is -1.92.